The molecule has 3 aromatic rings. The fraction of sp³-hybridized carbons (Fsp3) is 0.333. The van der Waals surface area contributed by atoms with E-state index < -0.39 is 0 Å². The van der Waals surface area contributed by atoms with Crippen LogP contribution >= 0.6 is 11.3 Å². The molecular formula is C15H18N4OS. The van der Waals surface area contributed by atoms with Gasteiger partial charge in [0.25, 0.3) is 0 Å². The summed E-state index contributed by atoms with van der Waals surface area (Å²) in [6.07, 6.45) is 2.87. The number of thiazole rings is 1. The van der Waals surface area contributed by atoms with E-state index in [0.29, 0.717) is 6.61 Å². The Hall–Kier alpha value is -2.08. The van der Waals surface area contributed by atoms with Gasteiger partial charge in [-0.1, -0.05) is 18.3 Å². The number of nitrogens with one attached hydrogen (secondary N) is 1. The number of rotatable bonds is 5. The standard InChI is InChI=1S/C15H18N4OS/c1-4-11-13(9-19(3)18-11)17-15-16-12-7-6-10(20-5-2)8-14(12)21-15/h6-9H,4-5H2,1-3H3,(H,16,17). The maximum absolute atomic E-state index is 5.53. The first-order valence-electron chi connectivity index (χ1n) is 7.02. The lowest BCUT2D eigenvalue weighted by atomic mass is 10.3. The second-order valence-electron chi connectivity index (χ2n) is 4.72. The van der Waals surface area contributed by atoms with Crippen molar-refractivity contribution in [3.8, 4) is 5.75 Å². The molecule has 0 fully saturated rings. The molecule has 0 aliphatic heterocycles. The number of benzene rings is 1. The molecule has 0 bridgehead atoms. The molecule has 5 nitrogen and oxygen atoms in total. The third kappa shape index (κ3) is 2.85. The molecule has 0 aliphatic carbocycles. The lowest BCUT2D eigenvalue weighted by Gasteiger charge is -2.00. The molecule has 2 heterocycles. The summed E-state index contributed by atoms with van der Waals surface area (Å²) in [5.41, 5.74) is 3.05. The normalized spacial score (nSPS) is 11.0. The van der Waals surface area contributed by atoms with E-state index in [9.17, 15) is 0 Å². The summed E-state index contributed by atoms with van der Waals surface area (Å²) in [5, 5.41) is 8.67. The fourth-order valence-electron chi connectivity index (χ4n) is 2.23. The van der Waals surface area contributed by atoms with Gasteiger partial charge in [0, 0.05) is 13.2 Å². The van der Waals surface area contributed by atoms with Crippen LogP contribution in [0.25, 0.3) is 10.2 Å². The molecule has 0 spiro atoms. The van der Waals surface area contributed by atoms with Crippen molar-refractivity contribution < 1.29 is 4.74 Å². The van der Waals surface area contributed by atoms with Crippen molar-refractivity contribution in [1.82, 2.24) is 14.8 Å². The zero-order chi connectivity index (χ0) is 14.8. The van der Waals surface area contributed by atoms with E-state index in [2.05, 4.69) is 22.3 Å². The lowest BCUT2D eigenvalue weighted by molar-refractivity contribution is 0.341. The Balaban J connectivity index is 1.90. The van der Waals surface area contributed by atoms with Crippen LogP contribution in [0.15, 0.2) is 24.4 Å². The minimum Gasteiger partial charge on any atom is -0.494 e. The van der Waals surface area contributed by atoms with Gasteiger partial charge in [-0.05, 0) is 31.5 Å². The molecule has 2 aromatic heterocycles. The molecule has 0 radical (unpaired) electrons. The topological polar surface area (TPSA) is 52.0 Å². The predicted octanol–water partition coefficient (Wildman–Crippen LogP) is 3.73. The largest absolute Gasteiger partial charge is 0.494 e. The quantitative estimate of drug-likeness (QED) is 0.780. The van der Waals surface area contributed by atoms with Crippen molar-refractivity contribution in [2.24, 2.45) is 7.05 Å². The Labute approximate surface area is 127 Å². The van der Waals surface area contributed by atoms with Crippen LogP contribution in [0, 0.1) is 0 Å². The number of ether oxygens (including phenoxy) is 1. The van der Waals surface area contributed by atoms with Crippen molar-refractivity contribution in [3.05, 3.63) is 30.1 Å². The molecule has 0 saturated carbocycles. The van der Waals surface area contributed by atoms with E-state index in [4.69, 9.17) is 4.74 Å². The Bertz CT molecular complexity index is 762. The van der Waals surface area contributed by atoms with Crippen molar-refractivity contribution >= 4 is 32.4 Å². The van der Waals surface area contributed by atoms with Gasteiger partial charge in [0.1, 0.15) is 5.75 Å². The van der Waals surface area contributed by atoms with Crippen LogP contribution in [0.3, 0.4) is 0 Å². The van der Waals surface area contributed by atoms with Crippen LogP contribution in [0.5, 0.6) is 5.75 Å². The van der Waals surface area contributed by atoms with E-state index >= 15 is 0 Å². The van der Waals surface area contributed by atoms with Crippen molar-refractivity contribution in [3.63, 3.8) is 0 Å². The molecule has 6 heteroatoms. The van der Waals surface area contributed by atoms with Crippen molar-refractivity contribution in [1.29, 1.82) is 0 Å². The van der Waals surface area contributed by atoms with Gasteiger partial charge in [-0.2, -0.15) is 5.10 Å². The number of aromatic nitrogens is 3. The number of aryl methyl sites for hydroxylation is 2. The fourth-order valence-corrected chi connectivity index (χ4v) is 3.14. The van der Waals surface area contributed by atoms with Gasteiger partial charge in [-0.25, -0.2) is 4.98 Å². The highest BCUT2D eigenvalue weighted by Crippen LogP contribution is 2.31. The average molecular weight is 302 g/mol. The first-order chi connectivity index (χ1) is 10.2. The monoisotopic (exact) mass is 302 g/mol. The molecule has 1 aromatic carbocycles. The van der Waals surface area contributed by atoms with Gasteiger partial charge in [0.15, 0.2) is 5.13 Å². The van der Waals surface area contributed by atoms with E-state index in [1.54, 1.807) is 11.3 Å². The number of hydrogen-bond donors (Lipinski definition) is 1. The Kier molecular flexibility index (Phi) is 3.79. The molecule has 0 amide bonds. The molecule has 21 heavy (non-hydrogen) atoms. The Morgan fingerprint density at radius 1 is 1.33 bits per heavy atom. The van der Waals surface area contributed by atoms with Crippen LogP contribution in [0.4, 0.5) is 10.8 Å². The van der Waals surface area contributed by atoms with E-state index in [1.165, 1.54) is 0 Å². The Morgan fingerprint density at radius 3 is 2.95 bits per heavy atom. The van der Waals surface area contributed by atoms with E-state index in [1.807, 2.05) is 43.0 Å². The molecule has 1 N–H and O–H groups in total. The van der Waals surface area contributed by atoms with Crippen LogP contribution < -0.4 is 10.1 Å². The highest BCUT2D eigenvalue weighted by Gasteiger charge is 2.10. The second kappa shape index (κ2) is 5.73. The lowest BCUT2D eigenvalue weighted by Crippen LogP contribution is -1.92. The van der Waals surface area contributed by atoms with Gasteiger partial charge in [0.05, 0.1) is 28.2 Å². The van der Waals surface area contributed by atoms with Crippen LogP contribution in [-0.2, 0) is 13.5 Å². The van der Waals surface area contributed by atoms with Crippen molar-refractivity contribution in [2.45, 2.75) is 20.3 Å². The zero-order valence-corrected chi connectivity index (χ0v) is 13.2. The molecule has 0 aliphatic rings. The molecular weight excluding hydrogens is 284 g/mol. The third-order valence-electron chi connectivity index (χ3n) is 3.15. The Morgan fingerprint density at radius 2 is 2.19 bits per heavy atom. The molecule has 0 saturated heterocycles. The number of fused-ring (bicyclic) bond motifs is 1. The van der Waals surface area contributed by atoms with Gasteiger partial charge in [-0.15, -0.1) is 0 Å². The van der Waals surface area contributed by atoms with Gasteiger partial charge < -0.3 is 10.1 Å². The summed E-state index contributed by atoms with van der Waals surface area (Å²) in [4.78, 5) is 4.61. The zero-order valence-electron chi connectivity index (χ0n) is 12.4. The first kappa shape index (κ1) is 13.9. The first-order valence-corrected chi connectivity index (χ1v) is 7.84. The maximum atomic E-state index is 5.53. The van der Waals surface area contributed by atoms with E-state index in [0.717, 1.165) is 38.9 Å². The number of anilines is 2. The molecule has 0 unspecified atom stereocenters. The minimum atomic E-state index is 0.672. The highest BCUT2D eigenvalue weighted by atomic mass is 32.1. The minimum absolute atomic E-state index is 0.672. The highest BCUT2D eigenvalue weighted by molar-refractivity contribution is 7.22. The number of hydrogen-bond acceptors (Lipinski definition) is 5. The molecule has 3 rings (SSSR count). The predicted molar refractivity (Wildman–Crippen MR) is 86.7 cm³/mol. The van der Waals surface area contributed by atoms with Crippen LogP contribution in [0.1, 0.15) is 19.5 Å². The summed E-state index contributed by atoms with van der Waals surface area (Å²) in [5.74, 6) is 0.885. The summed E-state index contributed by atoms with van der Waals surface area (Å²) in [6.45, 7) is 4.75. The molecule has 0 atom stereocenters. The van der Waals surface area contributed by atoms with Gasteiger partial charge in [0.2, 0.25) is 0 Å². The summed E-state index contributed by atoms with van der Waals surface area (Å²) < 4.78 is 8.46. The smallest absolute Gasteiger partial charge is 0.188 e. The maximum Gasteiger partial charge on any atom is 0.188 e. The van der Waals surface area contributed by atoms with Crippen LogP contribution in [-0.4, -0.2) is 21.4 Å². The second-order valence-corrected chi connectivity index (χ2v) is 5.75. The SMILES string of the molecule is CCOc1ccc2nc(Nc3cn(C)nc3CC)sc2c1. The average Bonchev–Trinajstić information content (AvgIpc) is 3.01. The summed E-state index contributed by atoms with van der Waals surface area (Å²) in [7, 11) is 1.93. The third-order valence-corrected chi connectivity index (χ3v) is 4.09. The van der Waals surface area contributed by atoms with Gasteiger partial charge >= 0.3 is 0 Å². The van der Waals surface area contributed by atoms with Gasteiger partial charge in [-0.3, -0.25) is 4.68 Å². The van der Waals surface area contributed by atoms with Crippen molar-refractivity contribution in [2.75, 3.05) is 11.9 Å². The number of nitrogens with zero attached hydrogens (tertiary/aromatic N) is 3. The summed E-state index contributed by atoms with van der Waals surface area (Å²) >= 11 is 1.62. The summed E-state index contributed by atoms with van der Waals surface area (Å²) in [6, 6.07) is 5.98. The molecule has 110 valence electrons. The van der Waals surface area contributed by atoms with Crippen LogP contribution in [0.2, 0.25) is 0 Å². The van der Waals surface area contributed by atoms with E-state index in [-0.39, 0.29) is 0 Å².